The lowest BCUT2D eigenvalue weighted by molar-refractivity contribution is 0.886. The van der Waals surface area contributed by atoms with Crippen molar-refractivity contribution in [2.24, 2.45) is 0 Å². The van der Waals surface area contributed by atoms with Gasteiger partial charge in [-0.2, -0.15) is 0 Å². The van der Waals surface area contributed by atoms with Gasteiger partial charge in [-0.05, 0) is 37.8 Å². The first kappa shape index (κ1) is 11.7. The van der Waals surface area contributed by atoms with Gasteiger partial charge in [-0.3, -0.25) is 0 Å². The topological polar surface area (TPSA) is 0 Å². The van der Waals surface area contributed by atoms with Crippen LogP contribution in [0, 0.1) is 0 Å². The van der Waals surface area contributed by atoms with Crippen LogP contribution in [0.3, 0.4) is 0 Å². The van der Waals surface area contributed by atoms with Crippen molar-refractivity contribution in [2.45, 2.75) is 31.3 Å². The summed E-state index contributed by atoms with van der Waals surface area (Å²) in [5.41, 5.74) is 3.96. The SMILES string of the molecule is C[P+]1(C2CCCC2)c2ccccc2-c2ccccc21. The average molecular weight is 267 g/mol. The Morgan fingerprint density at radius 3 is 1.79 bits per heavy atom. The first-order valence-electron chi connectivity index (χ1n) is 7.37. The molecule has 0 unspecified atom stereocenters. The van der Waals surface area contributed by atoms with E-state index in [4.69, 9.17) is 0 Å². The molecule has 1 saturated carbocycles. The Balaban J connectivity index is 2.00. The summed E-state index contributed by atoms with van der Waals surface area (Å²) < 4.78 is 0. The van der Waals surface area contributed by atoms with Crippen LogP contribution < -0.4 is 10.6 Å². The third-order valence-corrected chi connectivity index (χ3v) is 9.91. The second-order valence-electron chi connectivity index (χ2n) is 6.05. The highest BCUT2D eigenvalue weighted by Gasteiger charge is 2.52. The summed E-state index contributed by atoms with van der Waals surface area (Å²) in [5, 5.41) is 3.34. The highest BCUT2D eigenvalue weighted by Crippen LogP contribution is 2.67. The molecule has 1 heteroatoms. The van der Waals surface area contributed by atoms with E-state index in [9.17, 15) is 0 Å². The summed E-state index contributed by atoms with van der Waals surface area (Å²) in [6, 6.07) is 18.3. The average Bonchev–Trinajstić information content (AvgIpc) is 3.08. The Labute approximate surface area is 116 Å². The van der Waals surface area contributed by atoms with Gasteiger partial charge in [0, 0.05) is 11.1 Å². The zero-order chi connectivity index (χ0) is 12.9. The first-order chi connectivity index (χ1) is 9.32. The molecule has 0 atom stereocenters. The molecule has 1 heterocycles. The molecule has 4 rings (SSSR count). The lowest BCUT2D eigenvalue weighted by atomic mass is 10.1. The molecule has 0 spiro atoms. The van der Waals surface area contributed by atoms with Crippen molar-refractivity contribution in [3.63, 3.8) is 0 Å². The van der Waals surface area contributed by atoms with Crippen LogP contribution in [0.15, 0.2) is 48.5 Å². The van der Waals surface area contributed by atoms with Crippen LogP contribution in [0.4, 0.5) is 0 Å². The van der Waals surface area contributed by atoms with Gasteiger partial charge < -0.3 is 0 Å². The molecule has 2 aromatic rings. The van der Waals surface area contributed by atoms with E-state index in [0.717, 1.165) is 5.66 Å². The Morgan fingerprint density at radius 1 is 0.789 bits per heavy atom. The molecule has 96 valence electrons. The largest absolute Gasteiger partial charge is 0.107 e. The Morgan fingerprint density at radius 2 is 1.26 bits per heavy atom. The maximum Gasteiger partial charge on any atom is 0.107 e. The fourth-order valence-electron chi connectivity index (χ4n) is 4.16. The number of benzene rings is 2. The molecular formula is C18H20P+. The van der Waals surface area contributed by atoms with E-state index in [0.29, 0.717) is 0 Å². The molecule has 1 aliphatic heterocycles. The van der Waals surface area contributed by atoms with Crippen LogP contribution in [-0.2, 0) is 0 Å². The zero-order valence-electron chi connectivity index (χ0n) is 11.5. The predicted octanol–water partition coefficient (Wildman–Crippen LogP) is 4.21. The fraction of sp³-hybridized carbons (Fsp3) is 0.333. The molecule has 0 saturated heterocycles. The molecule has 19 heavy (non-hydrogen) atoms. The lowest BCUT2D eigenvalue weighted by Crippen LogP contribution is -2.25. The van der Waals surface area contributed by atoms with E-state index >= 15 is 0 Å². The third-order valence-electron chi connectivity index (χ3n) is 5.15. The molecule has 0 bridgehead atoms. The fourth-order valence-corrected chi connectivity index (χ4v) is 8.78. The van der Waals surface area contributed by atoms with Gasteiger partial charge in [0.05, 0.1) is 19.6 Å². The second-order valence-corrected chi connectivity index (χ2v) is 9.89. The lowest BCUT2D eigenvalue weighted by Gasteiger charge is -2.25. The van der Waals surface area contributed by atoms with Gasteiger partial charge in [-0.25, -0.2) is 0 Å². The number of fused-ring (bicyclic) bond motifs is 3. The second kappa shape index (κ2) is 4.18. The molecule has 0 amide bonds. The normalized spacial score (nSPS) is 20.3. The van der Waals surface area contributed by atoms with Crippen molar-refractivity contribution in [1.82, 2.24) is 0 Å². The van der Waals surface area contributed by atoms with Gasteiger partial charge in [0.25, 0.3) is 0 Å². The summed E-state index contributed by atoms with van der Waals surface area (Å²) in [7, 11) is -1.15. The summed E-state index contributed by atoms with van der Waals surface area (Å²) in [6.07, 6.45) is 5.75. The Bertz CT molecular complexity index is 578. The van der Waals surface area contributed by atoms with Gasteiger partial charge in [-0.1, -0.05) is 36.4 Å². The quantitative estimate of drug-likeness (QED) is 0.679. The summed E-state index contributed by atoms with van der Waals surface area (Å²) in [5.74, 6) is 0. The summed E-state index contributed by atoms with van der Waals surface area (Å²) in [6.45, 7) is 2.59. The Kier molecular flexibility index (Phi) is 2.57. The van der Waals surface area contributed by atoms with Crippen LogP contribution in [0.2, 0.25) is 0 Å². The smallest absolute Gasteiger partial charge is 0.0614 e. The highest BCUT2D eigenvalue weighted by atomic mass is 31.2. The first-order valence-corrected chi connectivity index (χ1v) is 9.68. The monoisotopic (exact) mass is 267 g/mol. The molecule has 0 aromatic heterocycles. The minimum atomic E-state index is -1.15. The number of hydrogen-bond acceptors (Lipinski definition) is 0. The van der Waals surface area contributed by atoms with Crippen molar-refractivity contribution < 1.29 is 0 Å². The van der Waals surface area contributed by atoms with Crippen molar-refractivity contribution in [3.8, 4) is 11.1 Å². The Hall–Kier alpha value is -1.13. The molecule has 0 nitrogen and oxygen atoms in total. The van der Waals surface area contributed by atoms with Gasteiger partial charge in [0.2, 0.25) is 0 Å². The van der Waals surface area contributed by atoms with Crippen LogP contribution in [-0.4, -0.2) is 12.3 Å². The minimum absolute atomic E-state index is 0.928. The van der Waals surface area contributed by atoms with Gasteiger partial charge in [-0.15, -0.1) is 0 Å². The van der Waals surface area contributed by atoms with E-state index in [1.54, 1.807) is 10.6 Å². The van der Waals surface area contributed by atoms with E-state index in [1.807, 2.05) is 0 Å². The van der Waals surface area contributed by atoms with Crippen LogP contribution in [0.1, 0.15) is 25.7 Å². The van der Waals surface area contributed by atoms with E-state index < -0.39 is 7.26 Å². The van der Waals surface area contributed by atoms with Gasteiger partial charge in [0.15, 0.2) is 0 Å². The summed E-state index contributed by atoms with van der Waals surface area (Å²) >= 11 is 0. The predicted molar refractivity (Wildman–Crippen MR) is 86.2 cm³/mol. The van der Waals surface area contributed by atoms with Crippen molar-refractivity contribution in [1.29, 1.82) is 0 Å². The van der Waals surface area contributed by atoms with E-state index in [-0.39, 0.29) is 0 Å². The minimum Gasteiger partial charge on any atom is -0.0614 e. The van der Waals surface area contributed by atoms with Crippen molar-refractivity contribution in [3.05, 3.63) is 48.5 Å². The third kappa shape index (κ3) is 1.50. The highest BCUT2D eigenvalue weighted by molar-refractivity contribution is 7.90. The molecular weight excluding hydrogens is 247 g/mol. The molecule has 2 aromatic carbocycles. The molecule has 0 N–H and O–H groups in total. The van der Waals surface area contributed by atoms with Crippen molar-refractivity contribution in [2.75, 3.05) is 6.66 Å². The number of hydrogen-bond donors (Lipinski definition) is 0. The summed E-state index contributed by atoms with van der Waals surface area (Å²) in [4.78, 5) is 0. The van der Waals surface area contributed by atoms with Crippen LogP contribution in [0.25, 0.3) is 11.1 Å². The van der Waals surface area contributed by atoms with Gasteiger partial charge in [0.1, 0.15) is 10.6 Å². The van der Waals surface area contributed by atoms with Crippen LogP contribution >= 0.6 is 7.26 Å². The number of rotatable bonds is 1. The maximum absolute atomic E-state index is 2.59. The zero-order valence-corrected chi connectivity index (χ0v) is 12.4. The van der Waals surface area contributed by atoms with Crippen molar-refractivity contribution >= 4 is 17.9 Å². The maximum atomic E-state index is 2.59. The molecule has 0 radical (unpaired) electrons. The van der Waals surface area contributed by atoms with Crippen LogP contribution in [0.5, 0.6) is 0 Å². The molecule has 1 aliphatic carbocycles. The van der Waals surface area contributed by atoms with E-state index in [2.05, 4.69) is 55.2 Å². The molecule has 2 aliphatic rings. The standard InChI is InChI=1S/C18H20P/c1-19(14-8-2-3-9-14)17-12-6-4-10-15(17)16-11-5-7-13-18(16)19/h4-7,10-14H,2-3,8-9H2,1H3/q+1. The van der Waals surface area contributed by atoms with Gasteiger partial charge >= 0.3 is 0 Å². The van der Waals surface area contributed by atoms with E-state index in [1.165, 1.54) is 36.8 Å². The molecule has 1 fully saturated rings.